The van der Waals surface area contributed by atoms with Gasteiger partial charge in [0.25, 0.3) is 0 Å². The van der Waals surface area contributed by atoms with Crippen molar-refractivity contribution in [3.8, 4) is 0 Å². The van der Waals surface area contributed by atoms with Gasteiger partial charge in [0.2, 0.25) is 0 Å². The van der Waals surface area contributed by atoms with Crippen molar-refractivity contribution in [2.75, 3.05) is 13.2 Å². The first-order chi connectivity index (χ1) is 25.8. The number of ether oxygens (including phenoxy) is 2. The summed E-state index contributed by atoms with van der Waals surface area (Å²) in [7, 11) is -4.77. The maximum atomic E-state index is 12.4. The molecule has 0 saturated carbocycles. The van der Waals surface area contributed by atoms with Gasteiger partial charge in [-0.05, 0) is 51.4 Å². The normalized spacial score (nSPS) is 13.1. The zero-order chi connectivity index (χ0) is 38.9. The van der Waals surface area contributed by atoms with Gasteiger partial charge in [-0.2, -0.15) is 0 Å². The fourth-order valence-electron chi connectivity index (χ4n) is 5.65. The summed E-state index contributed by atoms with van der Waals surface area (Å²) in [5.41, 5.74) is 0. The van der Waals surface area contributed by atoms with Gasteiger partial charge in [-0.25, -0.2) is 4.57 Å². The smallest absolute Gasteiger partial charge is 0.462 e. The molecule has 0 aromatic heterocycles. The Bertz CT molecular complexity index is 1040. The topological polar surface area (TPSA) is 119 Å². The fraction of sp³-hybridized carbons (Fsp3) is 0.727. The van der Waals surface area contributed by atoms with Crippen LogP contribution in [0, 0.1) is 0 Å². The number of unbranched alkanes of at least 4 members (excludes halogenated alkanes) is 18. The second-order valence-electron chi connectivity index (χ2n) is 14.0. The lowest BCUT2D eigenvalue weighted by atomic mass is 10.0. The number of hydrogen-bond donors (Lipinski definition) is 2. The predicted octanol–water partition coefficient (Wildman–Crippen LogP) is 12.9. The van der Waals surface area contributed by atoms with Crippen LogP contribution in [0.25, 0.3) is 0 Å². The van der Waals surface area contributed by atoms with Crippen molar-refractivity contribution in [2.45, 2.75) is 193 Å². The first-order valence-electron chi connectivity index (χ1n) is 21.1. The van der Waals surface area contributed by atoms with Crippen molar-refractivity contribution in [2.24, 2.45) is 0 Å². The van der Waals surface area contributed by atoms with Crippen LogP contribution in [-0.4, -0.2) is 41.0 Å². The molecule has 0 rings (SSSR count). The van der Waals surface area contributed by atoms with E-state index in [4.69, 9.17) is 19.3 Å². The molecular formula is C44H77O8P. The van der Waals surface area contributed by atoms with E-state index in [9.17, 15) is 14.2 Å². The molecule has 0 radical (unpaired) electrons. The number of phosphoric ester groups is 1. The Kier molecular flexibility index (Phi) is 37.8. The number of carbonyl (C=O) groups excluding carboxylic acids is 2. The number of hydrogen-bond acceptors (Lipinski definition) is 6. The third-order valence-corrected chi connectivity index (χ3v) is 9.29. The highest BCUT2D eigenvalue weighted by Crippen LogP contribution is 2.36. The molecule has 1 atom stereocenters. The molecule has 0 spiro atoms. The fourth-order valence-corrected chi connectivity index (χ4v) is 6.01. The van der Waals surface area contributed by atoms with Gasteiger partial charge in [0, 0.05) is 12.8 Å². The number of rotatable bonds is 38. The minimum atomic E-state index is -4.77. The van der Waals surface area contributed by atoms with Crippen LogP contribution in [0.2, 0.25) is 0 Å². The third-order valence-electron chi connectivity index (χ3n) is 8.80. The highest BCUT2D eigenvalue weighted by Gasteiger charge is 2.22. The SMILES string of the molecule is CCCCC/C=C/C/C=C/C/C=C/C/C=C/C/C=C/CCC(=O)OC[C@H](COP(=O)(O)O)OC(=O)CCCCCCCCCCCCCCCCCC. The highest BCUT2D eigenvalue weighted by atomic mass is 31.2. The van der Waals surface area contributed by atoms with Gasteiger partial charge in [-0.1, -0.05) is 184 Å². The van der Waals surface area contributed by atoms with E-state index < -0.39 is 32.5 Å². The maximum Gasteiger partial charge on any atom is 0.469 e. The van der Waals surface area contributed by atoms with Crippen LogP contribution in [0.3, 0.4) is 0 Å². The summed E-state index contributed by atoms with van der Waals surface area (Å²) >= 11 is 0. The Morgan fingerprint density at radius 2 is 0.887 bits per heavy atom. The number of phosphoric acid groups is 1. The minimum Gasteiger partial charge on any atom is -0.462 e. The van der Waals surface area contributed by atoms with Gasteiger partial charge in [-0.15, -0.1) is 0 Å². The molecule has 0 aliphatic heterocycles. The molecule has 0 bridgehead atoms. The largest absolute Gasteiger partial charge is 0.469 e. The summed E-state index contributed by atoms with van der Waals surface area (Å²) in [5.74, 6) is -0.979. The van der Waals surface area contributed by atoms with Gasteiger partial charge in [0.05, 0.1) is 6.61 Å². The predicted molar refractivity (Wildman–Crippen MR) is 221 cm³/mol. The molecule has 0 saturated heterocycles. The molecule has 8 nitrogen and oxygen atoms in total. The molecular weight excluding hydrogens is 687 g/mol. The van der Waals surface area contributed by atoms with E-state index in [2.05, 4.69) is 67.0 Å². The van der Waals surface area contributed by atoms with E-state index >= 15 is 0 Å². The van der Waals surface area contributed by atoms with Crippen LogP contribution in [-0.2, 0) is 28.2 Å². The first-order valence-corrected chi connectivity index (χ1v) is 22.6. The summed E-state index contributed by atoms with van der Waals surface area (Å²) in [6, 6.07) is 0. The van der Waals surface area contributed by atoms with Crippen LogP contribution in [0.1, 0.15) is 187 Å². The second kappa shape index (κ2) is 39.4. The molecule has 0 aromatic rings. The van der Waals surface area contributed by atoms with Crippen LogP contribution in [0.15, 0.2) is 60.8 Å². The highest BCUT2D eigenvalue weighted by molar-refractivity contribution is 7.46. The molecule has 0 amide bonds. The zero-order valence-electron chi connectivity index (χ0n) is 33.6. The van der Waals surface area contributed by atoms with E-state index in [0.717, 1.165) is 44.9 Å². The Morgan fingerprint density at radius 3 is 1.34 bits per heavy atom. The van der Waals surface area contributed by atoms with Crippen LogP contribution in [0.4, 0.5) is 0 Å². The molecule has 0 aliphatic rings. The molecule has 9 heteroatoms. The Labute approximate surface area is 324 Å². The summed E-state index contributed by atoms with van der Waals surface area (Å²) < 4.78 is 26.3. The van der Waals surface area contributed by atoms with Crippen LogP contribution in [0.5, 0.6) is 0 Å². The lowest BCUT2D eigenvalue weighted by molar-refractivity contribution is -0.161. The number of esters is 2. The molecule has 306 valence electrons. The van der Waals surface area contributed by atoms with Crippen molar-refractivity contribution in [1.29, 1.82) is 0 Å². The lowest BCUT2D eigenvalue weighted by Crippen LogP contribution is -2.29. The number of allylic oxidation sites excluding steroid dienone is 10. The molecule has 0 aromatic carbocycles. The van der Waals surface area contributed by atoms with Gasteiger partial charge < -0.3 is 19.3 Å². The standard InChI is InChI=1S/C44H77O8P/c1-3-5-7-9-11-13-15-17-19-21-22-23-25-26-28-30-32-34-36-38-43(45)50-40-42(41-51-53(47,48)49)52-44(46)39-37-35-33-31-29-27-24-20-18-16-14-12-10-8-6-4-2/h11,13,17,19,22-23,26,28,32,34,42H,3-10,12,14-16,18,20-21,24-25,27,29-31,33,35-41H2,1-2H3,(H2,47,48,49)/b13-11+,19-17+,23-22+,28-26+,34-32+/t42-/m1/s1. The van der Waals surface area contributed by atoms with Crippen molar-refractivity contribution in [3.05, 3.63) is 60.8 Å². The minimum absolute atomic E-state index is 0.143. The third kappa shape index (κ3) is 42.4. The molecule has 0 unspecified atom stereocenters. The van der Waals surface area contributed by atoms with Crippen molar-refractivity contribution in [1.82, 2.24) is 0 Å². The lowest BCUT2D eigenvalue weighted by Gasteiger charge is -2.18. The van der Waals surface area contributed by atoms with Crippen molar-refractivity contribution < 1.29 is 37.9 Å². The Morgan fingerprint density at radius 1 is 0.491 bits per heavy atom. The monoisotopic (exact) mass is 765 g/mol. The van der Waals surface area contributed by atoms with Crippen LogP contribution >= 0.6 is 7.82 Å². The zero-order valence-corrected chi connectivity index (χ0v) is 34.5. The average molecular weight is 765 g/mol. The molecule has 0 aliphatic carbocycles. The molecule has 53 heavy (non-hydrogen) atoms. The molecule has 0 fully saturated rings. The Hall–Kier alpha value is -2.25. The van der Waals surface area contributed by atoms with Gasteiger partial charge in [0.15, 0.2) is 6.10 Å². The second-order valence-corrected chi connectivity index (χ2v) is 15.2. The van der Waals surface area contributed by atoms with Gasteiger partial charge in [0.1, 0.15) is 6.61 Å². The summed E-state index contributed by atoms with van der Waals surface area (Å²) in [5, 5.41) is 0. The van der Waals surface area contributed by atoms with E-state index in [1.54, 1.807) is 0 Å². The first kappa shape index (κ1) is 50.8. The molecule has 0 heterocycles. The van der Waals surface area contributed by atoms with E-state index in [-0.39, 0.29) is 19.4 Å². The van der Waals surface area contributed by atoms with Crippen LogP contribution < -0.4 is 0 Å². The number of carbonyl (C=O) groups is 2. The van der Waals surface area contributed by atoms with Gasteiger partial charge in [-0.3, -0.25) is 14.1 Å². The average Bonchev–Trinajstić information content (AvgIpc) is 3.13. The van der Waals surface area contributed by atoms with Gasteiger partial charge >= 0.3 is 19.8 Å². The van der Waals surface area contributed by atoms with E-state index in [1.165, 1.54) is 103 Å². The summed E-state index contributed by atoms with van der Waals surface area (Å²) in [4.78, 5) is 42.8. The summed E-state index contributed by atoms with van der Waals surface area (Å²) in [6.07, 6.45) is 49.5. The maximum absolute atomic E-state index is 12.4. The molecule has 2 N–H and O–H groups in total. The summed E-state index contributed by atoms with van der Waals surface area (Å²) in [6.45, 7) is 3.60. The Balaban J connectivity index is 4.04. The van der Waals surface area contributed by atoms with Crippen molar-refractivity contribution >= 4 is 19.8 Å². The quantitative estimate of drug-likeness (QED) is 0.0276. The van der Waals surface area contributed by atoms with E-state index in [1.807, 2.05) is 12.2 Å². The van der Waals surface area contributed by atoms with Crippen molar-refractivity contribution in [3.63, 3.8) is 0 Å². The van der Waals surface area contributed by atoms with E-state index in [0.29, 0.717) is 12.8 Å².